The van der Waals surface area contributed by atoms with Crippen LogP contribution in [0.3, 0.4) is 0 Å². The summed E-state index contributed by atoms with van der Waals surface area (Å²) in [5.74, 6) is 0. The molecular weight excluding hydrogens is 420 g/mol. The number of pyridine rings is 1. The van der Waals surface area contributed by atoms with Crippen LogP contribution in [0.25, 0.3) is 10.9 Å². The topological polar surface area (TPSA) is 69.0 Å². The van der Waals surface area contributed by atoms with Crippen LogP contribution in [0.2, 0.25) is 5.15 Å². The molecule has 0 amide bonds. The van der Waals surface area contributed by atoms with Crippen LogP contribution >= 0.6 is 11.6 Å². The van der Waals surface area contributed by atoms with Gasteiger partial charge >= 0.3 is 0 Å². The van der Waals surface area contributed by atoms with Gasteiger partial charge < -0.3 is 9.36 Å². The van der Waals surface area contributed by atoms with Gasteiger partial charge in [0.2, 0.25) is 9.84 Å². The zero-order valence-corrected chi connectivity index (χ0v) is 17.8. The smallest absolute Gasteiger partial charge is 0.206 e. The van der Waals surface area contributed by atoms with Crippen LogP contribution in [0.5, 0.6) is 0 Å². The molecule has 0 unspecified atom stereocenters. The first-order valence-corrected chi connectivity index (χ1v) is 11.2. The predicted octanol–water partition coefficient (Wildman–Crippen LogP) is 4.62. The molecule has 0 fully saturated rings. The molecule has 152 valence electrons. The van der Waals surface area contributed by atoms with Gasteiger partial charge in [-0.2, -0.15) is 0 Å². The molecule has 30 heavy (non-hydrogen) atoms. The van der Waals surface area contributed by atoms with E-state index in [-0.39, 0.29) is 16.3 Å². The van der Waals surface area contributed by atoms with Crippen molar-refractivity contribution >= 4 is 38.6 Å². The fourth-order valence-electron chi connectivity index (χ4n) is 3.81. The minimum absolute atomic E-state index is 0.187. The van der Waals surface area contributed by atoms with E-state index < -0.39 is 9.84 Å². The minimum Gasteiger partial charge on any atom is -0.337 e. The Balaban J connectivity index is 1.89. The molecule has 0 atom stereocenters. The lowest BCUT2D eigenvalue weighted by Gasteiger charge is -2.11. The molecule has 0 radical (unpaired) electrons. The standard InChI is InChI=1S/C23H19ClN2O3S/c1-16-19(22-20(26(16)13-14-27)11-12-25-23(22)24)15-17-7-5-6-10-21(17)30(28,29)18-8-3-2-4-9-18/h2-12,14H,13,15H2,1H3. The Morgan fingerprint density at radius 1 is 1.03 bits per heavy atom. The van der Waals surface area contributed by atoms with E-state index >= 15 is 0 Å². The maximum atomic E-state index is 13.3. The summed E-state index contributed by atoms with van der Waals surface area (Å²) < 4.78 is 28.4. The Labute approximate surface area is 179 Å². The van der Waals surface area contributed by atoms with Gasteiger partial charge in [0.05, 0.1) is 21.9 Å². The fraction of sp³-hybridized carbons (Fsp3) is 0.130. The number of aromatic nitrogens is 2. The second kappa shape index (κ2) is 8.05. The SMILES string of the molecule is Cc1c(Cc2ccccc2S(=O)(=O)c2ccccc2)c2c(Cl)nccc2n1CC=O. The first kappa shape index (κ1) is 20.3. The normalized spacial score (nSPS) is 11.7. The van der Waals surface area contributed by atoms with E-state index in [1.54, 1.807) is 48.7 Å². The lowest BCUT2D eigenvalue weighted by molar-refractivity contribution is -0.108. The zero-order chi connectivity index (χ0) is 21.3. The highest BCUT2D eigenvalue weighted by Crippen LogP contribution is 2.34. The second-order valence-electron chi connectivity index (χ2n) is 6.94. The molecule has 0 saturated heterocycles. The minimum atomic E-state index is -3.68. The second-order valence-corrected chi connectivity index (χ2v) is 9.21. The van der Waals surface area contributed by atoms with Crippen LogP contribution in [-0.4, -0.2) is 24.3 Å². The van der Waals surface area contributed by atoms with E-state index in [0.29, 0.717) is 17.1 Å². The van der Waals surface area contributed by atoms with E-state index in [0.717, 1.165) is 28.4 Å². The zero-order valence-electron chi connectivity index (χ0n) is 16.2. The highest BCUT2D eigenvalue weighted by molar-refractivity contribution is 7.91. The highest BCUT2D eigenvalue weighted by atomic mass is 35.5. The van der Waals surface area contributed by atoms with E-state index in [4.69, 9.17) is 11.6 Å². The first-order chi connectivity index (χ1) is 14.4. The molecule has 0 saturated carbocycles. The number of rotatable bonds is 6. The molecule has 0 aliphatic rings. The third-order valence-corrected chi connectivity index (χ3v) is 7.41. The van der Waals surface area contributed by atoms with Crippen LogP contribution in [0.15, 0.2) is 76.7 Å². The number of halogens is 1. The van der Waals surface area contributed by atoms with E-state index in [1.807, 2.05) is 29.7 Å². The summed E-state index contributed by atoms with van der Waals surface area (Å²) >= 11 is 6.41. The van der Waals surface area contributed by atoms with Crippen molar-refractivity contribution in [3.63, 3.8) is 0 Å². The molecule has 0 bridgehead atoms. The van der Waals surface area contributed by atoms with Crippen LogP contribution in [0, 0.1) is 6.92 Å². The van der Waals surface area contributed by atoms with Crippen molar-refractivity contribution in [3.8, 4) is 0 Å². The van der Waals surface area contributed by atoms with Gasteiger partial charge in [0.1, 0.15) is 11.4 Å². The molecule has 5 nitrogen and oxygen atoms in total. The van der Waals surface area contributed by atoms with Crippen molar-refractivity contribution < 1.29 is 13.2 Å². The summed E-state index contributed by atoms with van der Waals surface area (Å²) in [7, 11) is -3.68. The van der Waals surface area contributed by atoms with Crippen molar-refractivity contribution in [2.45, 2.75) is 29.7 Å². The Hall–Kier alpha value is -2.96. The van der Waals surface area contributed by atoms with Gasteiger partial charge in [0, 0.05) is 23.7 Å². The maximum absolute atomic E-state index is 13.3. The average Bonchev–Trinajstić information content (AvgIpc) is 3.02. The highest BCUT2D eigenvalue weighted by Gasteiger charge is 2.23. The van der Waals surface area contributed by atoms with Gasteiger partial charge in [-0.05, 0) is 42.3 Å². The van der Waals surface area contributed by atoms with Crippen molar-refractivity contribution in [1.82, 2.24) is 9.55 Å². The molecule has 4 aromatic rings. The number of nitrogens with zero attached hydrogens (tertiary/aromatic N) is 2. The third-order valence-electron chi connectivity index (χ3n) is 5.26. The monoisotopic (exact) mass is 438 g/mol. The lowest BCUT2D eigenvalue weighted by atomic mass is 10.0. The summed E-state index contributed by atoms with van der Waals surface area (Å²) in [6, 6.07) is 17.2. The molecule has 0 aliphatic heterocycles. The van der Waals surface area contributed by atoms with Gasteiger partial charge in [-0.15, -0.1) is 0 Å². The maximum Gasteiger partial charge on any atom is 0.206 e. The van der Waals surface area contributed by atoms with Crippen molar-refractivity contribution in [2.24, 2.45) is 0 Å². The Kier molecular flexibility index (Phi) is 5.45. The average molecular weight is 439 g/mol. The molecule has 2 aromatic carbocycles. The largest absolute Gasteiger partial charge is 0.337 e. The molecule has 2 heterocycles. The lowest BCUT2D eigenvalue weighted by Crippen LogP contribution is -2.07. The number of carbonyl (C=O) groups is 1. The number of sulfone groups is 1. The Bertz CT molecular complexity index is 1350. The number of hydrogen-bond acceptors (Lipinski definition) is 4. The van der Waals surface area contributed by atoms with Gasteiger partial charge in [-0.3, -0.25) is 0 Å². The first-order valence-electron chi connectivity index (χ1n) is 9.39. The molecule has 0 N–H and O–H groups in total. The number of hydrogen-bond donors (Lipinski definition) is 0. The van der Waals surface area contributed by atoms with Crippen molar-refractivity contribution in [1.29, 1.82) is 0 Å². The Morgan fingerprint density at radius 2 is 1.73 bits per heavy atom. The van der Waals surface area contributed by atoms with Crippen LogP contribution in [-0.2, 0) is 27.6 Å². The predicted molar refractivity (Wildman–Crippen MR) is 117 cm³/mol. The molecule has 7 heteroatoms. The van der Waals surface area contributed by atoms with Crippen LogP contribution in [0.4, 0.5) is 0 Å². The number of benzene rings is 2. The summed E-state index contributed by atoms with van der Waals surface area (Å²) in [4.78, 5) is 15.9. The van der Waals surface area contributed by atoms with Crippen molar-refractivity contribution in [3.05, 3.63) is 88.8 Å². The number of carbonyl (C=O) groups excluding carboxylic acids is 1. The van der Waals surface area contributed by atoms with Gasteiger partial charge in [0.25, 0.3) is 0 Å². The summed E-state index contributed by atoms with van der Waals surface area (Å²) in [5.41, 5.74) is 3.19. The quantitative estimate of drug-likeness (QED) is 0.325. The Morgan fingerprint density at radius 3 is 2.47 bits per heavy atom. The van der Waals surface area contributed by atoms with Crippen molar-refractivity contribution in [2.75, 3.05) is 0 Å². The number of fused-ring (bicyclic) bond motifs is 1. The molecule has 0 aliphatic carbocycles. The van der Waals surface area contributed by atoms with E-state index in [9.17, 15) is 13.2 Å². The third kappa shape index (κ3) is 3.42. The van der Waals surface area contributed by atoms with Gasteiger partial charge in [-0.25, -0.2) is 13.4 Å². The molecular formula is C23H19ClN2O3S. The van der Waals surface area contributed by atoms with Gasteiger partial charge in [-0.1, -0.05) is 48.0 Å². The van der Waals surface area contributed by atoms with E-state index in [1.165, 1.54) is 0 Å². The van der Waals surface area contributed by atoms with Gasteiger partial charge in [0.15, 0.2) is 0 Å². The molecule has 2 aromatic heterocycles. The fourth-order valence-corrected chi connectivity index (χ4v) is 5.59. The van der Waals surface area contributed by atoms with Crippen LogP contribution in [0.1, 0.15) is 16.8 Å². The molecule has 4 rings (SSSR count). The summed E-state index contributed by atoms with van der Waals surface area (Å²) in [6.45, 7) is 2.09. The molecule has 0 spiro atoms. The number of aldehydes is 1. The summed E-state index contributed by atoms with van der Waals surface area (Å²) in [6.07, 6.45) is 2.78. The van der Waals surface area contributed by atoms with Crippen LogP contribution < -0.4 is 0 Å². The van der Waals surface area contributed by atoms with E-state index in [2.05, 4.69) is 4.98 Å². The summed E-state index contributed by atoms with van der Waals surface area (Å²) in [5, 5.41) is 1.07.